The van der Waals surface area contributed by atoms with Gasteiger partial charge in [-0.2, -0.15) is 0 Å². The summed E-state index contributed by atoms with van der Waals surface area (Å²) in [5.74, 6) is 8.27. The van der Waals surface area contributed by atoms with E-state index in [-0.39, 0.29) is 6.04 Å². The second-order valence-electron chi connectivity index (χ2n) is 4.80. The van der Waals surface area contributed by atoms with Crippen molar-refractivity contribution in [3.8, 4) is 0 Å². The molecular weight excluding hydrogens is 188 g/mol. The van der Waals surface area contributed by atoms with Crippen LogP contribution in [0.2, 0.25) is 0 Å². The van der Waals surface area contributed by atoms with Crippen molar-refractivity contribution in [2.24, 2.45) is 23.6 Å². The van der Waals surface area contributed by atoms with Crippen LogP contribution in [0.3, 0.4) is 0 Å². The van der Waals surface area contributed by atoms with E-state index in [9.17, 15) is 0 Å². The van der Waals surface area contributed by atoms with Crippen LogP contribution in [0, 0.1) is 17.8 Å². The highest BCUT2D eigenvalue weighted by Gasteiger charge is 2.48. The topological polar surface area (TPSA) is 63.8 Å². The first kappa shape index (κ1) is 9.24. The minimum Gasteiger partial charge on any atom is -0.271 e. The lowest BCUT2D eigenvalue weighted by atomic mass is 9.91. The monoisotopic (exact) mass is 204 g/mol. The Morgan fingerprint density at radius 3 is 2.47 bits per heavy atom. The molecule has 4 heteroatoms. The number of hydrazine groups is 1. The molecule has 3 rings (SSSR count). The molecule has 2 aliphatic carbocycles. The molecule has 0 saturated heterocycles. The van der Waals surface area contributed by atoms with Gasteiger partial charge in [0.2, 0.25) is 0 Å². The highest BCUT2D eigenvalue weighted by molar-refractivity contribution is 5.13. The smallest absolute Gasteiger partial charge is 0.115 e. The average molecular weight is 204 g/mol. The minimum atomic E-state index is 0.235. The van der Waals surface area contributed by atoms with Crippen molar-refractivity contribution >= 4 is 0 Å². The molecule has 0 radical (unpaired) electrons. The fraction of sp³-hybridized carbons (Fsp3) is 0.636. The van der Waals surface area contributed by atoms with Crippen LogP contribution >= 0.6 is 0 Å². The lowest BCUT2D eigenvalue weighted by molar-refractivity contribution is 0.344. The van der Waals surface area contributed by atoms with Gasteiger partial charge in [0.25, 0.3) is 0 Å². The van der Waals surface area contributed by atoms with Gasteiger partial charge in [0.15, 0.2) is 0 Å². The van der Waals surface area contributed by atoms with Crippen molar-refractivity contribution in [1.29, 1.82) is 0 Å². The average Bonchev–Trinajstić information content (AvgIpc) is 2.89. The highest BCUT2D eigenvalue weighted by atomic mass is 15.2. The molecule has 1 aromatic rings. The Labute approximate surface area is 89.3 Å². The molecule has 2 fully saturated rings. The molecule has 4 nitrogen and oxygen atoms in total. The molecule has 0 amide bonds. The van der Waals surface area contributed by atoms with Gasteiger partial charge in [-0.15, -0.1) is 0 Å². The summed E-state index contributed by atoms with van der Waals surface area (Å²) in [5.41, 5.74) is 4.04. The van der Waals surface area contributed by atoms with Crippen LogP contribution in [-0.4, -0.2) is 9.97 Å². The summed E-state index contributed by atoms with van der Waals surface area (Å²) in [4.78, 5) is 8.10. The fourth-order valence-electron chi connectivity index (χ4n) is 3.01. The lowest BCUT2D eigenvalue weighted by Crippen LogP contribution is -2.33. The van der Waals surface area contributed by atoms with Crippen LogP contribution < -0.4 is 11.3 Å². The molecule has 3 atom stereocenters. The van der Waals surface area contributed by atoms with Crippen molar-refractivity contribution in [3.05, 3.63) is 24.3 Å². The molecule has 3 unspecified atom stereocenters. The number of fused-ring (bicyclic) bond motifs is 1. The van der Waals surface area contributed by atoms with Crippen LogP contribution in [0.25, 0.3) is 0 Å². The number of hydrogen-bond acceptors (Lipinski definition) is 4. The summed E-state index contributed by atoms with van der Waals surface area (Å²) >= 11 is 0. The Kier molecular flexibility index (Phi) is 2.18. The maximum Gasteiger partial charge on any atom is 0.115 e. The second kappa shape index (κ2) is 3.54. The standard InChI is InChI=1S/C11H16N4/c12-15-11(10-4-13-6-14-5-10)9-2-7-1-8(7)3-9/h4-9,11,15H,1-3,12H2. The Morgan fingerprint density at radius 2 is 1.87 bits per heavy atom. The summed E-state index contributed by atoms with van der Waals surface area (Å²) in [6.07, 6.45) is 9.36. The number of nitrogens with zero attached hydrogens (tertiary/aromatic N) is 2. The molecule has 2 saturated carbocycles. The predicted molar refractivity (Wildman–Crippen MR) is 56.4 cm³/mol. The van der Waals surface area contributed by atoms with Gasteiger partial charge in [0.05, 0.1) is 6.04 Å². The first-order chi connectivity index (χ1) is 7.38. The maximum absolute atomic E-state index is 5.64. The molecule has 80 valence electrons. The van der Waals surface area contributed by atoms with Gasteiger partial charge in [-0.05, 0) is 37.0 Å². The van der Waals surface area contributed by atoms with E-state index < -0.39 is 0 Å². The van der Waals surface area contributed by atoms with Gasteiger partial charge in [0, 0.05) is 18.0 Å². The van der Waals surface area contributed by atoms with E-state index in [0.29, 0.717) is 5.92 Å². The number of hydrogen-bond donors (Lipinski definition) is 2. The first-order valence-electron chi connectivity index (χ1n) is 5.59. The van der Waals surface area contributed by atoms with E-state index in [2.05, 4.69) is 15.4 Å². The Balaban J connectivity index is 1.76. The molecule has 0 bridgehead atoms. The van der Waals surface area contributed by atoms with Crippen LogP contribution in [0.1, 0.15) is 30.9 Å². The van der Waals surface area contributed by atoms with Crippen molar-refractivity contribution in [2.75, 3.05) is 0 Å². The quantitative estimate of drug-likeness (QED) is 0.570. The zero-order valence-corrected chi connectivity index (χ0v) is 8.63. The van der Waals surface area contributed by atoms with E-state index in [1.165, 1.54) is 19.3 Å². The van der Waals surface area contributed by atoms with Gasteiger partial charge < -0.3 is 0 Å². The maximum atomic E-state index is 5.64. The normalized spacial score (nSPS) is 34.9. The number of nitrogens with two attached hydrogens (primary N) is 1. The van der Waals surface area contributed by atoms with E-state index in [1.54, 1.807) is 6.33 Å². The largest absolute Gasteiger partial charge is 0.271 e. The summed E-state index contributed by atoms with van der Waals surface area (Å²) < 4.78 is 0. The third-order valence-corrected chi connectivity index (χ3v) is 3.87. The zero-order chi connectivity index (χ0) is 10.3. The molecule has 1 heterocycles. The summed E-state index contributed by atoms with van der Waals surface area (Å²) in [6.45, 7) is 0. The van der Waals surface area contributed by atoms with Gasteiger partial charge in [-0.1, -0.05) is 0 Å². The third kappa shape index (κ3) is 1.64. The molecule has 0 aromatic carbocycles. The lowest BCUT2D eigenvalue weighted by Gasteiger charge is -2.23. The van der Waals surface area contributed by atoms with Crippen molar-refractivity contribution in [3.63, 3.8) is 0 Å². The Bertz CT molecular complexity index is 330. The van der Waals surface area contributed by atoms with E-state index in [4.69, 9.17) is 5.84 Å². The van der Waals surface area contributed by atoms with Crippen LogP contribution in [0.15, 0.2) is 18.7 Å². The van der Waals surface area contributed by atoms with E-state index in [0.717, 1.165) is 17.4 Å². The third-order valence-electron chi connectivity index (χ3n) is 3.87. The van der Waals surface area contributed by atoms with E-state index in [1.807, 2.05) is 12.4 Å². The molecule has 0 spiro atoms. The first-order valence-corrected chi connectivity index (χ1v) is 5.59. The number of rotatable bonds is 3. The molecular formula is C11H16N4. The molecule has 1 aromatic heterocycles. The highest BCUT2D eigenvalue weighted by Crippen LogP contribution is 2.56. The van der Waals surface area contributed by atoms with Crippen LogP contribution in [0.5, 0.6) is 0 Å². The Hall–Kier alpha value is -1.00. The number of nitrogens with one attached hydrogen (secondary N) is 1. The van der Waals surface area contributed by atoms with Crippen molar-refractivity contribution in [1.82, 2.24) is 15.4 Å². The summed E-state index contributed by atoms with van der Waals surface area (Å²) in [7, 11) is 0. The predicted octanol–water partition coefficient (Wildman–Crippen LogP) is 1.03. The zero-order valence-electron chi connectivity index (χ0n) is 8.63. The second-order valence-corrected chi connectivity index (χ2v) is 4.80. The molecule has 3 N–H and O–H groups in total. The molecule has 2 aliphatic rings. The van der Waals surface area contributed by atoms with Crippen molar-refractivity contribution in [2.45, 2.75) is 25.3 Å². The molecule has 15 heavy (non-hydrogen) atoms. The summed E-state index contributed by atoms with van der Waals surface area (Å²) in [6, 6.07) is 0.235. The van der Waals surface area contributed by atoms with Crippen LogP contribution in [-0.2, 0) is 0 Å². The summed E-state index contributed by atoms with van der Waals surface area (Å²) in [5, 5.41) is 0. The SMILES string of the molecule is NNC(c1cncnc1)C1CC2CC2C1. The van der Waals surface area contributed by atoms with Gasteiger partial charge >= 0.3 is 0 Å². The fourth-order valence-corrected chi connectivity index (χ4v) is 3.01. The van der Waals surface area contributed by atoms with Gasteiger partial charge in [0.1, 0.15) is 6.33 Å². The van der Waals surface area contributed by atoms with Gasteiger partial charge in [-0.25, -0.2) is 9.97 Å². The minimum absolute atomic E-state index is 0.235. The van der Waals surface area contributed by atoms with Crippen molar-refractivity contribution < 1.29 is 0 Å². The van der Waals surface area contributed by atoms with Gasteiger partial charge in [-0.3, -0.25) is 11.3 Å². The van der Waals surface area contributed by atoms with Crippen LogP contribution in [0.4, 0.5) is 0 Å². The Morgan fingerprint density at radius 1 is 1.20 bits per heavy atom. The van der Waals surface area contributed by atoms with E-state index >= 15 is 0 Å². The number of aromatic nitrogens is 2. The molecule has 0 aliphatic heterocycles.